The molecular formula is C14H16N2O3. The number of nitrogens with zero attached hydrogens (tertiary/aromatic N) is 1. The summed E-state index contributed by atoms with van der Waals surface area (Å²) in [4.78, 5) is 14.6. The summed E-state index contributed by atoms with van der Waals surface area (Å²) in [5.41, 5.74) is 4.45. The number of aryl methyl sites for hydroxylation is 3. The van der Waals surface area contributed by atoms with E-state index < -0.39 is 5.97 Å². The van der Waals surface area contributed by atoms with E-state index in [1.54, 1.807) is 0 Å². The van der Waals surface area contributed by atoms with Crippen molar-refractivity contribution >= 4 is 11.7 Å². The van der Waals surface area contributed by atoms with Crippen LogP contribution in [0.1, 0.15) is 33.1 Å². The third-order valence-electron chi connectivity index (χ3n) is 2.86. The molecule has 2 aromatic rings. The molecule has 0 aliphatic carbocycles. The summed E-state index contributed by atoms with van der Waals surface area (Å²) in [6.07, 6.45) is 1.15. The van der Waals surface area contributed by atoms with E-state index in [2.05, 4.69) is 29.4 Å². The van der Waals surface area contributed by atoms with Crippen molar-refractivity contribution in [2.45, 2.75) is 27.3 Å². The van der Waals surface area contributed by atoms with Crippen molar-refractivity contribution in [2.75, 3.05) is 5.32 Å². The zero-order valence-corrected chi connectivity index (χ0v) is 11.2. The van der Waals surface area contributed by atoms with Gasteiger partial charge in [-0.1, -0.05) is 17.7 Å². The summed E-state index contributed by atoms with van der Waals surface area (Å²) >= 11 is 0. The van der Waals surface area contributed by atoms with Gasteiger partial charge >= 0.3 is 5.97 Å². The second-order valence-electron chi connectivity index (χ2n) is 4.56. The number of carbonyl (C=O) groups is 1. The lowest BCUT2D eigenvalue weighted by Crippen LogP contribution is -2.04. The van der Waals surface area contributed by atoms with E-state index in [4.69, 9.17) is 9.52 Å². The molecule has 0 bridgehead atoms. The molecule has 0 saturated carbocycles. The minimum absolute atomic E-state index is 0.0749. The predicted octanol–water partition coefficient (Wildman–Crippen LogP) is 2.91. The third kappa shape index (κ3) is 2.93. The van der Waals surface area contributed by atoms with Crippen molar-refractivity contribution in [1.82, 2.24) is 4.98 Å². The normalized spacial score (nSPS) is 10.5. The summed E-state index contributed by atoms with van der Waals surface area (Å²) in [5, 5.41) is 12.0. The lowest BCUT2D eigenvalue weighted by atomic mass is 10.1. The molecule has 19 heavy (non-hydrogen) atoms. The van der Waals surface area contributed by atoms with Gasteiger partial charge in [-0.3, -0.25) is 0 Å². The van der Waals surface area contributed by atoms with Crippen molar-refractivity contribution in [3.63, 3.8) is 0 Å². The van der Waals surface area contributed by atoms with E-state index in [1.165, 1.54) is 5.56 Å². The van der Waals surface area contributed by atoms with Crippen LogP contribution in [0.25, 0.3) is 0 Å². The molecular weight excluding hydrogens is 244 g/mol. The van der Waals surface area contributed by atoms with Crippen molar-refractivity contribution in [3.8, 4) is 0 Å². The van der Waals surface area contributed by atoms with Crippen molar-refractivity contribution < 1.29 is 14.3 Å². The van der Waals surface area contributed by atoms with Crippen molar-refractivity contribution in [1.29, 1.82) is 0 Å². The van der Waals surface area contributed by atoms with Crippen LogP contribution in [-0.2, 0) is 6.54 Å². The number of hydrogen-bond donors (Lipinski definition) is 2. The minimum Gasteiger partial charge on any atom is -0.476 e. The first kappa shape index (κ1) is 13.1. The molecule has 0 aliphatic heterocycles. The lowest BCUT2D eigenvalue weighted by molar-refractivity contribution is 0.0690. The van der Waals surface area contributed by atoms with Gasteiger partial charge in [-0.05, 0) is 31.9 Å². The Morgan fingerprint density at radius 3 is 2.47 bits per heavy atom. The molecule has 0 spiro atoms. The lowest BCUT2D eigenvalue weighted by Gasteiger charge is -2.12. The molecule has 5 nitrogen and oxygen atoms in total. The molecule has 5 heteroatoms. The highest BCUT2D eigenvalue weighted by molar-refractivity contribution is 5.84. The average molecular weight is 260 g/mol. The molecule has 1 aromatic carbocycles. The zero-order chi connectivity index (χ0) is 14.0. The molecule has 0 unspecified atom stereocenters. The van der Waals surface area contributed by atoms with Gasteiger partial charge in [0.2, 0.25) is 5.89 Å². The summed E-state index contributed by atoms with van der Waals surface area (Å²) < 4.78 is 5.10. The molecule has 0 saturated heterocycles. The Labute approximate surface area is 111 Å². The van der Waals surface area contributed by atoms with Gasteiger partial charge in [-0.25, -0.2) is 9.78 Å². The van der Waals surface area contributed by atoms with Crippen LogP contribution in [0.5, 0.6) is 0 Å². The Morgan fingerprint density at radius 1 is 1.32 bits per heavy atom. The van der Waals surface area contributed by atoms with E-state index in [1.807, 2.05) is 13.8 Å². The van der Waals surface area contributed by atoms with Gasteiger partial charge in [0, 0.05) is 5.69 Å². The maximum atomic E-state index is 10.7. The van der Waals surface area contributed by atoms with Crippen LogP contribution in [0.2, 0.25) is 0 Å². The molecule has 0 aliphatic rings. The van der Waals surface area contributed by atoms with Gasteiger partial charge in [0.05, 0.1) is 6.54 Å². The van der Waals surface area contributed by atoms with Gasteiger partial charge in [0.1, 0.15) is 6.26 Å². The highest BCUT2D eigenvalue weighted by atomic mass is 16.4. The highest BCUT2D eigenvalue weighted by Crippen LogP contribution is 2.22. The molecule has 2 rings (SSSR count). The van der Waals surface area contributed by atoms with Crippen LogP contribution in [0, 0.1) is 20.8 Å². The Kier molecular flexibility index (Phi) is 3.55. The smallest absolute Gasteiger partial charge is 0.357 e. The Morgan fingerprint density at radius 2 is 1.95 bits per heavy atom. The molecule has 1 heterocycles. The Balaban J connectivity index is 2.12. The number of aromatic nitrogens is 1. The van der Waals surface area contributed by atoms with E-state index >= 15 is 0 Å². The fourth-order valence-electron chi connectivity index (χ4n) is 2.11. The van der Waals surface area contributed by atoms with Crippen LogP contribution in [0.4, 0.5) is 5.69 Å². The van der Waals surface area contributed by atoms with Gasteiger partial charge in [0.15, 0.2) is 5.69 Å². The summed E-state index contributed by atoms with van der Waals surface area (Å²) in [6, 6.07) is 4.18. The first-order valence-electron chi connectivity index (χ1n) is 5.97. The summed E-state index contributed by atoms with van der Waals surface area (Å²) in [7, 11) is 0. The minimum atomic E-state index is -1.09. The fraction of sp³-hybridized carbons (Fsp3) is 0.286. The number of nitrogens with one attached hydrogen (secondary N) is 1. The van der Waals surface area contributed by atoms with Gasteiger partial charge in [-0.2, -0.15) is 0 Å². The molecule has 2 N–H and O–H groups in total. The van der Waals surface area contributed by atoms with E-state index in [-0.39, 0.29) is 5.69 Å². The maximum Gasteiger partial charge on any atom is 0.357 e. The SMILES string of the molecule is Cc1cc(C)c(NCc2nc(C(=O)O)co2)c(C)c1. The van der Waals surface area contributed by atoms with Crippen LogP contribution in [0.3, 0.4) is 0 Å². The van der Waals surface area contributed by atoms with Crippen LogP contribution in [-0.4, -0.2) is 16.1 Å². The summed E-state index contributed by atoms with van der Waals surface area (Å²) in [6.45, 7) is 6.47. The molecule has 0 amide bonds. The van der Waals surface area contributed by atoms with Gasteiger partial charge in [0.25, 0.3) is 0 Å². The highest BCUT2D eigenvalue weighted by Gasteiger charge is 2.11. The first-order valence-corrected chi connectivity index (χ1v) is 5.97. The standard InChI is InChI=1S/C14H16N2O3/c1-8-4-9(2)13(10(3)5-8)15-6-12-16-11(7-19-12)14(17)18/h4-5,7,15H,6H2,1-3H3,(H,17,18). The van der Waals surface area contributed by atoms with Crippen LogP contribution < -0.4 is 5.32 Å². The number of anilines is 1. The quantitative estimate of drug-likeness (QED) is 0.884. The molecule has 1 aromatic heterocycles. The predicted molar refractivity (Wildman–Crippen MR) is 71.4 cm³/mol. The number of hydrogen-bond acceptors (Lipinski definition) is 4. The van der Waals surface area contributed by atoms with Crippen LogP contribution >= 0.6 is 0 Å². The second-order valence-corrected chi connectivity index (χ2v) is 4.56. The molecule has 0 radical (unpaired) electrons. The zero-order valence-electron chi connectivity index (χ0n) is 11.2. The van der Waals surface area contributed by atoms with Crippen molar-refractivity contribution in [2.24, 2.45) is 0 Å². The van der Waals surface area contributed by atoms with E-state index in [9.17, 15) is 4.79 Å². The molecule has 0 atom stereocenters. The fourth-order valence-corrected chi connectivity index (χ4v) is 2.11. The summed E-state index contributed by atoms with van der Waals surface area (Å²) in [5.74, 6) is -0.727. The topological polar surface area (TPSA) is 75.4 Å². The van der Waals surface area contributed by atoms with E-state index in [0.717, 1.165) is 23.1 Å². The molecule has 0 fully saturated rings. The number of benzene rings is 1. The van der Waals surface area contributed by atoms with Gasteiger partial charge in [-0.15, -0.1) is 0 Å². The maximum absolute atomic E-state index is 10.7. The Hall–Kier alpha value is -2.30. The van der Waals surface area contributed by atoms with E-state index in [0.29, 0.717) is 12.4 Å². The average Bonchev–Trinajstić information content (AvgIpc) is 2.76. The number of aromatic carboxylic acids is 1. The number of rotatable bonds is 4. The van der Waals surface area contributed by atoms with Crippen molar-refractivity contribution in [3.05, 3.63) is 46.7 Å². The van der Waals surface area contributed by atoms with Gasteiger partial charge < -0.3 is 14.8 Å². The first-order chi connectivity index (χ1) is 8.97. The second kappa shape index (κ2) is 5.14. The number of carboxylic acid groups (broad SMARTS) is 1. The number of carboxylic acids is 1. The monoisotopic (exact) mass is 260 g/mol. The third-order valence-corrected chi connectivity index (χ3v) is 2.86. The largest absolute Gasteiger partial charge is 0.476 e. The molecule has 100 valence electrons. The Bertz CT molecular complexity index is 594. The van der Waals surface area contributed by atoms with Crippen LogP contribution in [0.15, 0.2) is 22.8 Å². The number of oxazole rings is 1.